The van der Waals surface area contributed by atoms with Gasteiger partial charge in [0.15, 0.2) is 6.10 Å². The Hall–Kier alpha value is -2.40. The average Bonchev–Trinajstić information content (AvgIpc) is 3.25. The lowest BCUT2D eigenvalue weighted by atomic mass is 10.1. The van der Waals surface area contributed by atoms with Crippen LogP contribution in [0.3, 0.4) is 0 Å². The minimum atomic E-state index is -0.547. The zero-order chi connectivity index (χ0) is 43.5. The Morgan fingerprint density at radius 1 is 0.383 bits per heavy atom. The monoisotopic (exact) mass is 839 g/mol. The summed E-state index contributed by atoms with van der Waals surface area (Å²) in [7, 11) is 0. The first kappa shape index (κ1) is 57.6. The molecule has 1 unspecified atom stereocenters. The summed E-state index contributed by atoms with van der Waals surface area (Å²) in [4.78, 5) is 25.3. The Labute approximate surface area is 373 Å². The van der Waals surface area contributed by atoms with Gasteiger partial charge in [-0.15, -0.1) is 0 Å². The van der Waals surface area contributed by atoms with E-state index in [1.54, 1.807) is 0 Å². The van der Waals surface area contributed by atoms with Gasteiger partial charge in [0, 0.05) is 19.4 Å². The Balaban J connectivity index is 4.25. The molecule has 60 heavy (non-hydrogen) atoms. The molecule has 0 N–H and O–H groups in total. The van der Waals surface area contributed by atoms with Crippen molar-refractivity contribution in [1.82, 2.24) is 0 Å². The fourth-order valence-electron chi connectivity index (χ4n) is 7.15. The van der Waals surface area contributed by atoms with Crippen molar-refractivity contribution in [2.24, 2.45) is 0 Å². The smallest absolute Gasteiger partial charge is 0.306 e. The number of hydrogen-bond acceptors (Lipinski definition) is 5. The maximum Gasteiger partial charge on any atom is 0.306 e. The van der Waals surface area contributed by atoms with E-state index < -0.39 is 6.10 Å². The third kappa shape index (κ3) is 48.3. The number of unbranched alkanes of at least 4 members (excludes halogenated alkanes) is 26. The Morgan fingerprint density at radius 2 is 0.767 bits per heavy atom. The van der Waals surface area contributed by atoms with Gasteiger partial charge < -0.3 is 14.2 Å². The second-order valence-electron chi connectivity index (χ2n) is 17.0. The molecule has 5 nitrogen and oxygen atoms in total. The van der Waals surface area contributed by atoms with E-state index in [0.717, 1.165) is 83.5 Å². The highest BCUT2D eigenvalue weighted by Gasteiger charge is 2.17. The molecule has 0 aromatic heterocycles. The van der Waals surface area contributed by atoms with Crippen LogP contribution in [-0.4, -0.2) is 37.9 Å². The number of hydrogen-bond donors (Lipinski definition) is 0. The maximum atomic E-state index is 12.8. The van der Waals surface area contributed by atoms with E-state index in [1.807, 2.05) is 0 Å². The third-order valence-corrected chi connectivity index (χ3v) is 11.0. The fraction of sp³-hybridized carbons (Fsp3) is 0.782. The lowest BCUT2D eigenvalue weighted by molar-refractivity contribution is -0.163. The summed E-state index contributed by atoms with van der Waals surface area (Å²) in [5.41, 5.74) is 0. The Morgan fingerprint density at radius 3 is 1.27 bits per heavy atom. The van der Waals surface area contributed by atoms with Gasteiger partial charge in [-0.2, -0.15) is 0 Å². The molecule has 0 aromatic rings. The number of allylic oxidation sites excluding steroid dienone is 10. The van der Waals surface area contributed by atoms with Crippen LogP contribution in [0.2, 0.25) is 0 Å². The van der Waals surface area contributed by atoms with Crippen LogP contribution in [0.5, 0.6) is 0 Å². The van der Waals surface area contributed by atoms with Crippen LogP contribution in [0.25, 0.3) is 0 Å². The molecule has 5 heteroatoms. The molecular formula is C55H98O5. The molecule has 0 aliphatic rings. The van der Waals surface area contributed by atoms with E-state index in [4.69, 9.17) is 14.2 Å². The SMILES string of the molecule is CC/C=C\C/C=C\C/C=C\CCCCCCCCCCOCC(COC(=O)CCCCCCC/C=C\CCCCCCCC)OC(=O)CCCCCCC/C=C\CCCC. The summed E-state index contributed by atoms with van der Waals surface area (Å²) in [5, 5.41) is 0. The molecule has 0 fully saturated rings. The van der Waals surface area contributed by atoms with E-state index in [9.17, 15) is 9.59 Å². The van der Waals surface area contributed by atoms with Crippen molar-refractivity contribution in [3.05, 3.63) is 60.8 Å². The number of ether oxygens (including phenoxy) is 3. The van der Waals surface area contributed by atoms with Crippen molar-refractivity contribution < 1.29 is 23.8 Å². The first-order chi connectivity index (χ1) is 29.6. The molecule has 0 amide bonds. The van der Waals surface area contributed by atoms with Crippen molar-refractivity contribution in [3.8, 4) is 0 Å². The van der Waals surface area contributed by atoms with Gasteiger partial charge in [0.2, 0.25) is 0 Å². The topological polar surface area (TPSA) is 61.8 Å². The molecule has 0 saturated carbocycles. The van der Waals surface area contributed by atoms with Crippen LogP contribution in [0.4, 0.5) is 0 Å². The number of rotatable bonds is 47. The largest absolute Gasteiger partial charge is 0.462 e. The maximum absolute atomic E-state index is 12.8. The second-order valence-corrected chi connectivity index (χ2v) is 17.0. The summed E-state index contributed by atoms with van der Waals surface area (Å²) >= 11 is 0. The van der Waals surface area contributed by atoms with Gasteiger partial charge in [0.05, 0.1) is 6.61 Å². The Bertz CT molecular complexity index is 1040. The molecule has 0 rings (SSSR count). The van der Waals surface area contributed by atoms with Crippen molar-refractivity contribution in [2.45, 2.75) is 258 Å². The molecule has 0 radical (unpaired) electrons. The van der Waals surface area contributed by atoms with Crippen molar-refractivity contribution in [1.29, 1.82) is 0 Å². The fourth-order valence-corrected chi connectivity index (χ4v) is 7.15. The average molecular weight is 839 g/mol. The van der Waals surface area contributed by atoms with Crippen molar-refractivity contribution in [3.63, 3.8) is 0 Å². The van der Waals surface area contributed by atoms with Gasteiger partial charge in [0.1, 0.15) is 6.61 Å². The molecule has 0 aromatic carbocycles. The minimum absolute atomic E-state index is 0.0746. The highest BCUT2D eigenvalue weighted by Crippen LogP contribution is 2.14. The molecule has 0 aliphatic heterocycles. The van der Waals surface area contributed by atoms with E-state index in [-0.39, 0.29) is 25.2 Å². The lowest BCUT2D eigenvalue weighted by Crippen LogP contribution is -2.30. The van der Waals surface area contributed by atoms with Crippen molar-refractivity contribution >= 4 is 11.9 Å². The first-order valence-corrected chi connectivity index (χ1v) is 25.8. The zero-order valence-corrected chi connectivity index (χ0v) is 40.0. The summed E-state index contributed by atoms with van der Waals surface area (Å²) in [5.74, 6) is -0.417. The summed E-state index contributed by atoms with van der Waals surface area (Å²) < 4.78 is 17.4. The van der Waals surface area contributed by atoms with Gasteiger partial charge in [-0.1, -0.05) is 204 Å². The van der Waals surface area contributed by atoms with Crippen LogP contribution in [-0.2, 0) is 23.8 Å². The predicted octanol–water partition coefficient (Wildman–Crippen LogP) is 17.3. The number of carbonyl (C=O) groups is 2. The summed E-state index contributed by atoms with van der Waals surface area (Å²) in [6.45, 7) is 7.66. The van der Waals surface area contributed by atoms with Gasteiger partial charge in [-0.3, -0.25) is 9.59 Å². The molecule has 0 bridgehead atoms. The van der Waals surface area contributed by atoms with Crippen molar-refractivity contribution in [2.75, 3.05) is 19.8 Å². The van der Waals surface area contributed by atoms with Crippen LogP contribution in [0, 0.1) is 0 Å². The highest BCUT2D eigenvalue weighted by molar-refractivity contribution is 5.70. The third-order valence-electron chi connectivity index (χ3n) is 11.0. The first-order valence-electron chi connectivity index (χ1n) is 25.8. The summed E-state index contributed by atoms with van der Waals surface area (Å²) in [6, 6.07) is 0. The molecule has 0 saturated heterocycles. The minimum Gasteiger partial charge on any atom is -0.462 e. The second kappa shape index (κ2) is 51.0. The van der Waals surface area contributed by atoms with Crippen LogP contribution in [0.15, 0.2) is 60.8 Å². The standard InChI is InChI=1S/C55H98O5/c1-4-7-10-13-16-19-22-24-26-27-28-30-32-35-38-41-44-47-50-58-51-53(60-55(57)49-46-43-40-37-33-21-18-15-12-9-6-3)52-59-54(56)48-45-42-39-36-34-31-29-25-23-20-17-14-11-8-5-2/h7,10,15-16,18-19,24-26,29,53H,4-6,8-9,11-14,17,20-23,27-28,30-52H2,1-3H3/b10-7-,18-15-,19-16-,26-24-,29-25-. The Kier molecular flexibility index (Phi) is 48.9. The highest BCUT2D eigenvalue weighted by atomic mass is 16.6. The van der Waals surface area contributed by atoms with E-state index in [0.29, 0.717) is 19.4 Å². The molecule has 0 aliphatic carbocycles. The summed E-state index contributed by atoms with van der Waals surface area (Å²) in [6.07, 6.45) is 63.7. The lowest BCUT2D eigenvalue weighted by Gasteiger charge is -2.18. The van der Waals surface area contributed by atoms with Crippen LogP contribution in [0.1, 0.15) is 252 Å². The molecule has 1 atom stereocenters. The quantitative estimate of drug-likeness (QED) is 0.0347. The molecule has 0 heterocycles. The van der Waals surface area contributed by atoms with E-state index >= 15 is 0 Å². The van der Waals surface area contributed by atoms with E-state index in [1.165, 1.54) is 135 Å². The normalized spacial score (nSPS) is 12.7. The van der Waals surface area contributed by atoms with E-state index in [2.05, 4.69) is 81.5 Å². The van der Waals surface area contributed by atoms with Crippen LogP contribution >= 0.6 is 0 Å². The van der Waals surface area contributed by atoms with Crippen LogP contribution < -0.4 is 0 Å². The number of esters is 2. The van der Waals surface area contributed by atoms with Gasteiger partial charge >= 0.3 is 11.9 Å². The zero-order valence-electron chi connectivity index (χ0n) is 40.0. The molecular weight excluding hydrogens is 741 g/mol. The molecule has 348 valence electrons. The van der Waals surface area contributed by atoms with Gasteiger partial charge in [-0.05, 0) is 96.3 Å². The van der Waals surface area contributed by atoms with Gasteiger partial charge in [-0.25, -0.2) is 0 Å². The predicted molar refractivity (Wildman–Crippen MR) is 261 cm³/mol. The van der Waals surface area contributed by atoms with Gasteiger partial charge in [0.25, 0.3) is 0 Å². The molecule has 0 spiro atoms. The number of carbonyl (C=O) groups excluding carboxylic acids is 2.